The van der Waals surface area contributed by atoms with Gasteiger partial charge in [0.25, 0.3) is 0 Å². The van der Waals surface area contributed by atoms with Gasteiger partial charge in [0, 0.05) is 0 Å². The molecule has 0 saturated heterocycles. The molecule has 0 aromatic rings. The molecule has 40 valence electrons. The van der Waals surface area contributed by atoms with Crippen LogP contribution in [0, 0.1) is 0 Å². The summed E-state index contributed by atoms with van der Waals surface area (Å²) in [4.78, 5) is 9.35. The third kappa shape index (κ3) is 8.82. The fraction of sp³-hybridized carbons (Fsp3) is 0.500. The summed E-state index contributed by atoms with van der Waals surface area (Å²) in [5.41, 5.74) is 6.06. The smallest absolute Gasteiger partial charge is 0.667 e. The van der Waals surface area contributed by atoms with Crippen LogP contribution in [0.1, 0.15) is 0 Å². The van der Waals surface area contributed by atoms with Gasteiger partial charge in [0.15, 0.2) is 0 Å². The molecular formula is C2H3AuClNO. The third-order valence-corrected chi connectivity index (χ3v) is 0.364. The number of amides is 1. The third-order valence-electron chi connectivity index (χ3n) is 0.121. The molecule has 0 radical (unpaired) electrons. The van der Waals surface area contributed by atoms with Crippen LogP contribution < -0.4 is 0 Å². The Kier molecular flexibility index (Phi) is 8.90. The molecule has 2 nitrogen and oxygen atoms in total. The monoisotopic (exact) mass is 289 g/mol. The van der Waals surface area contributed by atoms with E-state index in [9.17, 15) is 4.79 Å². The van der Waals surface area contributed by atoms with E-state index in [1.807, 2.05) is 0 Å². The molecule has 0 aromatic heterocycles. The number of carbonyl (C=O) groups excluding carboxylic acids is 1. The molecule has 1 N–H and O–H groups in total. The summed E-state index contributed by atoms with van der Waals surface area (Å²) in [5, 5.41) is 0. The summed E-state index contributed by atoms with van der Waals surface area (Å²) in [6.07, 6.45) is 0. The van der Waals surface area contributed by atoms with Gasteiger partial charge >= 0.3 is 22.4 Å². The van der Waals surface area contributed by atoms with Crippen LogP contribution in [0.4, 0.5) is 0 Å². The van der Waals surface area contributed by atoms with Gasteiger partial charge in [-0.3, -0.25) is 0 Å². The van der Waals surface area contributed by atoms with Crippen LogP contribution in [0.15, 0.2) is 0 Å². The molecule has 0 fully saturated rings. The van der Waals surface area contributed by atoms with Gasteiger partial charge in [0.1, 0.15) is 0 Å². The van der Waals surface area contributed by atoms with Crippen LogP contribution in [0.3, 0.4) is 0 Å². The van der Waals surface area contributed by atoms with Crippen molar-refractivity contribution in [1.82, 2.24) is 0 Å². The molecule has 0 bridgehead atoms. The van der Waals surface area contributed by atoms with Gasteiger partial charge in [0.05, 0.1) is 11.8 Å². The summed E-state index contributed by atoms with van der Waals surface area (Å²) in [6.45, 7) is 0. The fourth-order valence-corrected chi connectivity index (χ4v) is 0. The molecule has 1 amide bonds. The van der Waals surface area contributed by atoms with E-state index in [-0.39, 0.29) is 28.3 Å². The van der Waals surface area contributed by atoms with Crippen LogP contribution in [0.2, 0.25) is 0 Å². The quantitative estimate of drug-likeness (QED) is 0.520. The fourth-order valence-electron chi connectivity index (χ4n) is 0. The first-order valence-corrected chi connectivity index (χ1v) is 1.61. The standard InChI is InChI=1S/C2H4ClNO.Au/c3-1-2(4)5;/h1H2,(H2,4,5);/q;+1/p-1. The number of carbonyl (C=O) groups is 1. The van der Waals surface area contributed by atoms with E-state index < -0.39 is 5.91 Å². The Morgan fingerprint density at radius 3 is 2.00 bits per heavy atom. The summed E-state index contributed by atoms with van der Waals surface area (Å²) >= 11 is 4.80. The predicted octanol–water partition coefficient (Wildman–Crippen LogP) is 0.802. The van der Waals surface area contributed by atoms with E-state index in [1.54, 1.807) is 0 Å². The molecule has 0 saturated carbocycles. The Labute approximate surface area is 56.5 Å². The van der Waals surface area contributed by atoms with E-state index in [4.69, 9.17) is 17.3 Å². The van der Waals surface area contributed by atoms with Gasteiger partial charge in [-0.2, -0.15) is 0 Å². The van der Waals surface area contributed by atoms with Crippen molar-refractivity contribution in [3.8, 4) is 0 Å². The minimum Gasteiger partial charge on any atom is -0.667 e. The zero-order valence-electron chi connectivity index (χ0n) is 2.79. The summed E-state index contributed by atoms with van der Waals surface area (Å²) in [6, 6.07) is 0. The molecule has 6 heavy (non-hydrogen) atoms. The first kappa shape index (κ1) is 9.71. The summed E-state index contributed by atoms with van der Waals surface area (Å²) < 4.78 is 0. The Morgan fingerprint density at radius 2 is 2.00 bits per heavy atom. The largest absolute Gasteiger partial charge is 1.00 e. The number of rotatable bonds is 1. The molecule has 0 heterocycles. The second-order valence-electron chi connectivity index (χ2n) is 0.557. The molecule has 0 aromatic carbocycles. The van der Waals surface area contributed by atoms with E-state index in [0.29, 0.717) is 0 Å². The average Bonchev–Trinajstić information content (AvgIpc) is 1.38. The molecule has 0 rings (SSSR count). The van der Waals surface area contributed by atoms with Crippen LogP contribution in [-0.2, 0) is 27.2 Å². The maximum atomic E-state index is 9.35. The van der Waals surface area contributed by atoms with Crippen molar-refractivity contribution < 1.29 is 27.2 Å². The van der Waals surface area contributed by atoms with E-state index >= 15 is 0 Å². The summed E-state index contributed by atoms with van der Waals surface area (Å²) in [5.74, 6) is -0.924. The van der Waals surface area contributed by atoms with Crippen molar-refractivity contribution in [3.63, 3.8) is 0 Å². The van der Waals surface area contributed by atoms with Crippen LogP contribution in [-0.4, -0.2) is 11.8 Å². The Hall–Kier alpha value is 0.500. The predicted molar refractivity (Wildman–Crippen MR) is 20.0 cm³/mol. The van der Waals surface area contributed by atoms with Crippen LogP contribution in [0.5, 0.6) is 0 Å². The zero-order chi connectivity index (χ0) is 4.28. The Morgan fingerprint density at radius 1 is 1.83 bits per heavy atom. The van der Waals surface area contributed by atoms with Gasteiger partial charge in [0.2, 0.25) is 0 Å². The van der Waals surface area contributed by atoms with E-state index in [2.05, 4.69) is 0 Å². The molecule has 0 spiro atoms. The van der Waals surface area contributed by atoms with Gasteiger partial charge < -0.3 is 10.5 Å². The minimum absolute atomic E-state index is 0. The maximum Gasteiger partial charge on any atom is 1.00 e. The normalized spacial score (nSPS) is 6.17. The van der Waals surface area contributed by atoms with E-state index in [0.717, 1.165) is 0 Å². The molecule has 0 unspecified atom stereocenters. The number of halogens is 1. The molecular weight excluding hydrogens is 286 g/mol. The van der Waals surface area contributed by atoms with Gasteiger partial charge in [-0.15, -0.1) is 11.6 Å². The van der Waals surface area contributed by atoms with Gasteiger partial charge in [-0.25, -0.2) is 0 Å². The van der Waals surface area contributed by atoms with Crippen molar-refractivity contribution in [1.29, 1.82) is 0 Å². The minimum atomic E-state index is -0.730. The number of alkyl halides is 1. The van der Waals surface area contributed by atoms with Crippen molar-refractivity contribution in [2.24, 2.45) is 0 Å². The molecule has 0 aliphatic heterocycles. The number of hydrogen-bond donors (Lipinski definition) is 0. The topological polar surface area (TPSA) is 40.9 Å². The zero-order valence-corrected chi connectivity index (χ0v) is 5.72. The maximum absolute atomic E-state index is 9.35. The molecule has 0 atom stereocenters. The number of nitrogens with one attached hydrogen (secondary N) is 1. The first-order chi connectivity index (χ1) is 2.27. The van der Waals surface area contributed by atoms with Gasteiger partial charge in [-0.05, 0) is 0 Å². The molecule has 0 aliphatic carbocycles. The average molecular weight is 289 g/mol. The van der Waals surface area contributed by atoms with Crippen molar-refractivity contribution in [3.05, 3.63) is 5.73 Å². The Balaban J connectivity index is 0. The molecule has 4 heteroatoms. The van der Waals surface area contributed by atoms with Crippen molar-refractivity contribution >= 4 is 17.5 Å². The van der Waals surface area contributed by atoms with E-state index in [1.165, 1.54) is 0 Å². The number of hydrogen-bond acceptors (Lipinski definition) is 1. The Bertz CT molecular complexity index is 48.8. The SMILES string of the molecule is [Au+].[NH-]C(=O)CCl. The second kappa shape index (κ2) is 5.50. The second-order valence-corrected chi connectivity index (χ2v) is 0.824. The molecule has 0 aliphatic rings. The van der Waals surface area contributed by atoms with Crippen LogP contribution in [0.25, 0.3) is 5.73 Å². The van der Waals surface area contributed by atoms with Crippen molar-refractivity contribution in [2.45, 2.75) is 0 Å². The first-order valence-electron chi connectivity index (χ1n) is 1.07. The van der Waals surface area contributed by atoms with Crippen molar-refractivity contribution in [2.75, 3.05) is 5.88 Å². The summed E-state index contributed by atoms with van der Waals surface area (Å²) in [7, 11) is 0. The van der Waals surface area contributed by atoms with Gasteiger partial charge in [-0.1, -0.05) is 0 Å². The van der Waals surface area contributed by atoms with Crippen LogP contribution >= 0.6 is 11.6 Å².